The molecular formula is C108H94N8. The van der Waals surface area contributed by atoms with Crippen molar-refractivity contribution in [3.8, 4) is 101 Å². The summed E-state index contributed by atoms with van der Waals surface area (Å²) in [7, 11) is 0. The molecule has 0 amide bonds. The van der Waals surface area contributed by atoms with Gasteiger partial charge in [-0.05, 0) is 357 Å². The topological polar surface area (TPSA) is 115 Å². The molecule has 14 aromatic rings. The lowest BCUT2D eigenvalue weighted by Crippen LogP contribution is -1.96. The zero-order valence-corrected chi connectivity index (χ0v) is 69.6. The van der Waals surface area contributed by atoms with Gasteiger partial charge in [0.05, 0.1) is 45.6 Å². The van der Waals surface area contributed by atoms with Gasteiger partial charge in [-0.25, -0.2) is 19.9 Å². The standard InChI is InChI=1S/C108H94N8/c1-57-45-63(7)95(64(8)46-57)103-83-33-29-79(109-83)101(80-30-34-84(110-80)104(96-65(9)47-58(2)48-66(96)10)88-38-42-92(114-88)107(91-41-37-87(103)113-91)99-71(15)53-61(5)54-72(99)16)77-25-21-75(22-26-77)19-20-76-23-27-78(28-24-76)102-81-31-35-85(111-81)105(97-67(11)49-59(3)50-68(97)12)89-39-43-93(115-89)108(100-73(17)55-62(6)56-74(100)18)94-44-40-90(116-94)106(86-36-32-82(102)112-86)98-69(13)51-60(4)52-70(98)14/h21-56,109,111,114,116H,1-18H3/i101+1,102+1. The summed E-state index contributed by atoms with van der Waals surface area (Å²) in [6.07, 6.45) is 17.6. The summed E-state index contributed by atoms with van der Waals surface area (Å²) in [6, 6.07) is 62.6. The van der Waals surface area contributed by atoms with Crippen molar-refractivity contribution in [2.75, 3.05) is 0 Å². The van der Waals surface area contributed by atoms with Gasteiger partial charge in [0.15, 0.2) is 0 Å². The summed E-state index contributed by atoms with van der Waals surface area (Å²) in [6.45, 7) is 39.8. The molecule has 8 aromatic carbocycles. The summed E-state index contributed by atoms with van der Waals surface area (Å²) in [5.74, 6) is 7.17. The molecule has 8 nitrogen and oxygen atoms in total. The number of H-pyrrole nitrogens is 4. The summed E-state index contributed by atoms with van der Waals surface area (Å²) < 4.78 is 0. The maximum absolute atomic E-state index is 5.75. The molecule has 4 aliphatic heterocycles. The molecular weight excluding hydrogens is 1410 g/mol. The predicted octanol–water partition coefficient (Wildman–Crippen LogP) is 27.9. The van der Waals surface area contributed by atoms with Gasteiger partial charge in [0, 0.05) is 99.8 Å². The van der Waals surface area contributed by atoms with E-state index in [1.165, 1.54) is 111 Å². The van der Waals surface area contributed by atoms with Gasteiger partial charge >= 0.3 is 0 Å². The molecule has 0 atom stereocenters. The van der Waals surface area contributed by atoms with E-state index in [1.54, 1.807) is 0 Å². The Labute approximate surface area is 680 Å². The maximum Gasteiger partial charge on any atom is 0.0737 e. The predicted molar refractivity (Wildman–Crippen MR) is 492 cm³/mol. The fraction of sp³-hybridized carbons (Fsp3) is 0.167. The minimum atomic E-state index is 0.848. The molecule has 566 valence electrons. The van der Waals surface area contributed by atoms with Crippen LogP contribution in [0.5, 0.6) is 0 Å². The molecule has 0 spiro atoms. The second-order valence-electron chi connectivity index (χ2n) is 33.1. The van der Waals surface area contributed by atoms with E-state index in [4.69, 9.17) is 19.9 Å². The fourth-order valence-corrected chi connectivity index (χ4v) is 19.6. The van der Waals surface area contributed by atoms with Crippen molar-refractivity contribution in [1.29, 1.82) is 0 Å². The van der Waals surface area contributed by atoms with Gasteiger partial charge < -0.3 is 19.9 Å². The quantitative estimate of drug-likeness (QED) is 0.113. The summed E-state index contributed by atoms with van der Waals surface area (Å²) in [5, 5.41) is 0. The van der Waals surface area contributed by atoms with Crippen LogP contribution in [-0.4, -0.2) is 39.9 Å². The van der Waals surface area contributed by atoms with Crippen molar-refractivity contribution in [2.45, 2.75) is 125 Å². The van der Waals surface area contributed by atoms with E-state index in [-0.39, 0.29) is 0 Å². The van der Waals surface area contributed by atoms with Crippen LogP contribution < -0.4 is 0 Å². The lowest BCUT2D eigenvalue weighted by atomic mass is 9.92. The Morgan fingerprint density at radius 1 is 0.172 bits per heavy atom. The number of rotatable bonds is 8. The molecule has 0 saturated heterocycles. The van der Waals surface area contributed by atoms with Gasteiger partial charge in [-0.15, -0.1) is 0 Å². The third-order valence-electron chi connectivity index (χ3n) is 23.8. The Hall–Kier alpha value is -13.5. The molecule has 0 saturated carbocycles. The average molecular weight is 1510 g/mol. The van der Waals surface area contributed by atoms with Crippen LogP contribution in [0.4, 0.5) is 0 Å². The van der Waals surface area contributed by atoms with Gasteiger partial charge in [-0.3, -0.25) is 0 Å². The molecule has 16 bridgehead atoms. The van der Waals surface area contributed by atoms with Crippen molar-refractivity contribution in [1.82, 2.24) is 39.9 Å². The van der Waals surface area contributed by atoms with Gasteiger partial charge in [-0.1, -0.05) is 142 Å². The number of aromatic amines is 4. The molecule has 18 rings (SSSR count). The molecule has 0 unspecified atom stereocenters. The maximum atomic E-state index is 5.75. The van der Waals surface area contributed by atoms with Gasteiger partial charge in [0.1, 0.15) is 0 Å². The Bertz CT molecular complexity index is 6510. The van der Waals surface area contributed by atoms with Crippen molar-refractivity contribution in [3.05, 3.63) is 327 Å². The Kier molecular flexibility index (Phi) is 18.4. The Balaban J connectivity index is 0.801. The second-order valence-corrected chi connectivity index (χ2v) is 33.1. The largest absolute Gasteiger partial charge is 0.354 e. The van der Waals surface area contributed by atoms with E-state index in [2.05, 4.69) is 375 Å². The average Bonchev–Trinajstić information content (AvgIpc) is 1.60. The molecule has 6 aromatic heterocycles. The highest BCUT2D eigenvalue weighted by molar-refractivity contribution is 6.05. The number of hydrogen-bond donors (Lipinski definition) is 4. The fourth-order valence-electron chi connectivity index (χ4n) is 19.6. The number of nitrogens with one attached hydrogen (secondary N) is 4. The number of aromatic nitrogens is 8. The van der Waals surface area contributed by atoms with Crippen LogP contribution in [-0.2, 0) is 0 Å². The van der Waals surface area contributed by atoms with E-state index in [0.29, 0.717) is 0 Å². The third-order valence-corrected chi connectivity index (χ3v) is 23.8. The second kappa shape index (κ2) is 28.9. The first-order valence-corrected chi connectivity index (χ1v) is 40.4. The van der Waals surface area contributed by atoms with Crippen molar-refractivity contribution >= 4 is 92.7 Å². The molecule has 4 aliphatic rings. The van der Waals surface area contributed by atoms with Crippen LogP contribution in [0.25, 0.3) is 182 Å². The highest BCUT2D eigenvalue weighted by Crippen LogP contribution is 2.47. The van der Waals surface area contributed by atoms with Crippen molar-refractivity contribution in [3.63, 3.8) is 0 Å². The van der Waals surface area contributed by atoms with E-state index < -0.39 is 0 Å². The van der Waals surface area contributed by atoms with E-state index in [9.17, 15) is 0 Å². The summed E-state index contributed by atoms with van der Waals surface area (Å²) in [4.78, 5) is 39.1. The van der Waals surface area contributed by atoms with Gasteiger partial charge in [-0.2, -0.15) is 0 Å². The SMILES string of the molecule is Cc1cc(C)c(-c2c3nc(c(-c4c(C)cc(C)cc4C)c4ccc([nH]4)[13c](-c4ccc(C#Cc5ccc(-[13c]6c7nc(c(-c8c(C)cc(C)cc8C)c8ccc([nH]8)c(-c8c(C)cc(C)cc8C)c8nc(c(-c9c(C)cc(C)cc9C)c9ccc6[nH]9)C=C8)C=C7)cc5)cc4)c4nc(c(-c5c(C)cc(C)cc5C)c5ccc2[nH]5)C=C4)C=C3)c(C)c1. The first-order chi connectivity index (χ1) is 55.8. The van der Waals surface area contributed by atoms with Crippen LogP contribution in [0.1, 0.15) is 157 Å². The molecule has 8 heteroatoms. The van der Waals surface area contributed by atoms with E-state index >= 15 is 0 Å². The Morgan fingerprint density at radius 3 is 0.483 bits per heavy atom. The number of hydrogen-bond acceptors (Lipinski definition) is 4. The molecule has 0 radical (unpaired) electrons. The van der Waals surface area contributed by atoms with Crippen molar-refractivity contribution in [2.24, 2.45) is 0 Å². The third kappa shape index (κ3) is 13.1. The molecule has 4 N–H and O–H groups in total. The van der Waals surface area contributed by atoms with Crippen LogP contribution in [0, 0.1) is 136 Å². The minimum Gasteiger partial charge on any atom is -0.354 e. The number of nitrogens with zero attached hydrogens (tertiary/aromatic N) is 4. The molecule has 0 fully saturated rings. The van der Waals surface area contributed by atoms with Crippen LogP contribution in [0.3, 0.4) is 0 Å². The number of aryl methyl sites for hydroxylation is 18. The Morgan fingerprint density at radius 2 is 0.319 bits per heavy atom. The molecule has 0 aliphatic carbocycles. The lowest BCUT2D eigenvalue weighted by molar-refractivity contribution is 1.27. The first-order valence-electron chi connectivity index (χ1n) is 40.4. The van der Waals surface area contributed by atoms with E-state index in [0.717, 1.165) is 179 Å². The zero-order valence-electron chi connectivity index (χ0n) is 69.6. The van der Waals surface area contributed by atoms with E-state index in [1.807, 2.05) is 0 Å². The first kappa shape index (κ1) is 74.0. The molecule has 116 heavy (non-hydrogen) atoms. The normalized spacial score (nSPS) is 12.2. The van der Waals surface area contributed by atoms with Crippen LogP contribution in [0.2, 0.25) is 0 Å². The smallest absolute Gasteiger partial charge is 0.0737 e. The number of fused-ring (bicyclic) bond motifs is 16. The van der Waals surface area contributed by atoms with Gasteiger partial charge in [0.2, 0.25) is 0 Å². The minimum absolute atomic E-state index is 0.848. The van der Waals surface area contributed by atoms with Crippen LogP contribution >= 0.6 is 0 Å². The highest BCUT2D eigenvalue weighted by atomic mass is 14.9. The number of benzene rings is 8. The van der Waals surface area contributed by atoms with Gasteiger partial charge in [0.25, 0.3) is 0 Å². The monoisotopic (exact) mass is 1500 g/mol. The summed E-state index contributed by atoms with van der Waals surface area (Å²) in [5.41, 5.74) is 55.4. The zero-order chi connectivity index (χ0) is 80.5. The molecule has 10 heterocycles. The van der Waals surface area contributed by atoms with Crippen LogP contribution in [0.15, 0.2) is 170 Å². The lowest BCUT2D eigenvalue weighted by Gasteiger charge is -2.14. The highest BCUT2D eigenvalue weighted by Gasteiger charge is 2.27. The summed E-state index contributed by atoms with van der Waals surface area (Å²) >= 11 is 0. The van der Waals surface area contributed by atoms with Crippen molar-refractivity contribution < 1.29 is 0 Å².